The Labute approximate surface area is 182 Å². The molecule has 0 saturated carbocycles. The van der Waals surface area contributed by atoms with Crippen LogP contribution in [0.5, 0.6) is 0 Å². The highest BCUT2D eigenvalue weighted by Gasteiger charge is 2.25. The number of rotatable bonds is 6. The molecule has 1 aromatic heterocycles. The standard InChI is InChI=1S/C22H22F3N5O2/c1-13(22(2,3)32)27-20-26-10-9-18(29-20)30(15-7-5-4-6-8-15)21(31)28-17-12-14(23)11-16(24)19(17)25/h4-13,32H,1-3H3,(H,28,31)(H,26,27,29). The van der Waals surface area contributed by atoms with Gasteiger partial charge in [-0.15, -0.1) is 0 Å². The second kappa shape index (κ2) is 9.23. The van der Waals surface area contributed by atoms with Crippen molar-refractivity contribution >= 4 is 29.2 Å². The van der Waals surface area contributed by atoms with E-state index in [1.54, 1.807) is 51.1 Å². The second-order valence-corrected chi connectivity index (χ2v) is 7.61. The predicted molar refractivity (Wildman–Crippen MR) is 115 cm³/mol. The molecule has 3 rings (SSSR count). The molecule has 0 aliphatic heterocycles. The van der Waals surface area contributed by atoms with E-state index < -0.39 is 40.8 Å². The van der Waals surface area contributed by atoms with Crippen LogP contribution in [0.15, 0.2) is 54.7 Å². The van der Waals surface area contributed by atoms with E-state index in [2.05, 4.69) is 20.6 Å². The summed E-state index contributed by atoms with van der Waals surface area (Å²) in [5.41, 5.74) is -1.37. The normalized spacial score (nSPS) is 12.2. The highest BCUT2D eigenvalue weighted by molar-refractivity contribution is 6.06. The average Bonchev–Trinajstić information content (AvgIpc) is 2.72. The van der Waals surface area contributed by atoms with Crippen LogP contribution in [0.1, 0.15) is 20.8 Å². The lowest BCUT2D eigenvalue weighted by Gasteiger charge is -2.27. The third-order valence-electron chi connectivity index (χ3n) is 4.73. The largest absolute Gasteiger partial charge is 0.388 e. The molecule has 32 heavy (non-hydrogen) atoms. The summed E-state index contributed by atoms with van der Waals surface area (Å²) in [6.07, 6.45) is 1.40. The molecule has 0 fully saturated rings. The van der Waals surface area contributed by atoms with Crippen LogP contribution in [0.3, 0.4) is 0 Å². The van der Waals surface area contributed by atoms with Crippen molar-refractivity contribution in [2.75, 3.05) is 15.5 Å². The minimum Gasteiger partial charge on any atom is -0.388 e. The molecule has 168 valence electrons. The number of nitrogens with one attached hydrogen (secondary N) is 2. The van der Waals surface area contributed by atoms with Crippen LogP contribution >= 0.6 is 0 Å². The number of para-hydroxylation sites is 1. The molecule has 0 aliphatic carbocycles. The number of urea groups is 1. The summed E-state index contributed by atoms with van der Waals surface area (Å²) in [7, 11) is 0. The summed E-state index contributed by atoms with van der Waals surface area (Å²) in [6, 6.07) is 9.47. The number of carbonyl (C=O) groups excluding carboxylic acids is 1. The summed E-state index contributed by atoms with van der Waals surface area (Å²) in [4.78, 5) is 22.6. The number of hydrogen-bond donors (Lipinski definition) is 3. The van der Waals surface area contributed by atoms with Gasteiger partial charge < -0.3 is 15.7 Å². The summed E-state index contributed by atoms with van der Waals surface area (Å²) >= 11 is 0. The van der Waals surface area contributed by atoms with Gasteiger partial charge >= 0.3 is 6.03 Å². The van der Waals surface area contributed by atoms with Gasteiger partial charge in [0.2, 0.25) is 5.95 Å². The van der Waals surface area contributed by atoms with Crippen LogP contribution in [0.2, 0.25) is 0 Å². The molecule has 3 N–H and O–H groups in total. The predicted octanol–water partition coefficient (Wildman–Crippen LogP) is 4.84. The summed E-state index contributed by atoms with van der Waals surface area (Å²) in [5, 5.41) is 15.3. The number of halogens is 3. The zero-order valence-corrected chi connectivity index (χ0v) is 17.6. The molecular formula is C22H22F3N5O2. The molecule has 0 bridgehead atoms. The fourth-order valence-electron chi connectivity index (χ4n) is 2.66. The van der Waals surface area contributed by atoms with Crippen molar-refractivity contribution in [3.05, 3.63) is 72.2 Å². The number of nitrogens with zero attached hydrogens (tertiary/aromatic N) is 3. The summed E-state index contributed by atoms with van der Waals surface area (Å²) in [5.74, 6) is -3.63. The molecule has 0 aliphatic rings. The maximum atomic E-state index is 14.1. The van der Waals surface area contributed by atoms with Crippen molar-refractivity contribution < 1.29 is 23.1 Å². The number of benzene rings is 2. The van der Waals surface area contributed by atoms with Crippen LogP contribution in [0.25, 0.3) is 0 Å². The van der Waals surface area contributed by atoms with E-state index in [4.69, 9.17) is 0 Å². The Morgan fingerprint density at radius 1 is 1.12 bits per heavy atom. The first-order valence-corrected chi connectivity index (χ1v) is 9.69. The molecule has 0 radical (unpaired) electrons. The van der Waals surface area contributed by atoms with Gasteiger partial charge in [-0.05, 0) is 32.9 Å². The Kier molecular flexibility index (Phi) is 6.64. The molecule has 2 aromatic carbocycles. The third kappa shape index (κ3) is 5.33. The van der Waals surface area contributed by atoms with Gasteiger partial charge in [-0.1, -0.05) is 18.2 Å². The minimum atomic E-state index is -1.43. The maximum absolute atomic E-state index is 14.1. The Balaban J connectivity index is 1.98. The first-order valence-electron chi connectivity index (χ1n) is 9.69. The topological polar surface area (TPSA) is 90.4 Å². The number of aromatic nitrogens is 2. The van der Waals surface area contributed by atoms with E-state index in [0.29, 0.717) is 17.8 Å². The zero-order chi connectivity index (χ0) is 23.5. The van der Waals surface area contributed by atoms with Gasteiger partial charge in [-0.2, -0.15) is 4.98 Å². The fraction of sp³-hybridized carbons (Fsp3) is 0.227. The minimum absolute atomic E-state index is 0.103. The van der Waals surface area contributed by atoms with Gasteiger partial charge in [-0.25, -0.2) is 27.8 Å². The number of carbonyl (C=O) groups is 1. The number of anilines is 4. The van der Waals surface area contributed by atoms with Crippen LogP contribution in [-0.2, 0) is 0 Å². The first kappa shape index (κ1) is 23.0. The molecule has 1 heterocycles. The molecule has 10 heteroatoms. The number of hydrogen-bond acceptors (Lipinski definition) is 5. The van der Waals surface area contributed by atoms with Crippen LogP contribution in [0.4, 0.5) is 41.1 Å². The van der Waals surface area contributed by atoms with Gasteiger partial charge in [0, 0.05) is 24.4 Å². The van der Waals surface area contributed by atoms with Crippen molar-refractivity contribution in [2.24, 2.45) is 0 Å². The number of amides is 2. The van der Waals surface area contributed by atoms with Crippen LogP contribution in [0, 0.1) is 17.5 Å². The first-order chi connectivity index (χ1) is 15.1. The zero-order valence-electron chi connectivity index (χ0n) is 17.6. The molecule has 2 amide bonds. The van der Waals surface area contributed by atoms with E-state index in [-0.39, 0.29) is 11.8 Å². The number of aliphatic hydroxyl groups is 1. The Hall–Kier alpha value is -3.66. The van der Waals surface area contributed by atoms with Gasteiger partial charge in [0.15, 0.2) is 11.6 Å². The monoisotopic (exact) mass is 445 g/mol. The van der Waals surface area contributed by atoms with Crippen molar-refractivity contribution in [3.63, 3.8) is 0 Å². The van der Waals surface area contributed by atoms with Crippen molar-refractivity contribution in [2.45, 2.75) is 32.4 Å². The Bertz CT molecular complexity index is 1110. The lowest BCUT2D eigenvalue weighted by molar-refractivity contribution is 0.0646. The van der Waals surface area contributed by atoms with Crippen molar-refractivity contribution in [1.82, 2.24) is 9.97 Å². The molecule has 7 nitrogen and oxygen atoms in total. The van der Waals surface area contributed by atoms with Gasteiger partial charge in [-0.3, -0.25) is 0 Å². The second-order valence-electron chi connectivity index (χ2n) is 7.61. The molecule has 1 unspecified atom stereocenters. The lowest BCUT2D eigenvalue weighted by Crippen LogP contribution is -2.40. The van der Waals surface area contributed by atoms with Gasteiger partial charge in [0.25, 0.3) is 0 Å². The SMILES string of the molecule is CC(Nc1nccc(N(C(=O)Nc2cc(F)cc(F)c2F)c2ccccc2)n1)C(C)(C)O. The molecule has 0 saturated heterocycles. The van der Waals surface area contributed by atoms with E-state index in [1.807, 2.05) is 0 Å². The quantitative estimate of drug-likeness (QED) is 0.473. The van der Waals surface area contributed by atoms with Crippen molar-refractivity contribution in [1.29, 1.82) is 0 Å². The fourth-order valence-corrected chi connectivity index (χ4v) is 2.66. The third-order valence-corrected chi connectivity index (χ3v) is 4.73. The smallest absolute Gasteiger partial charge is 0.332 e. The molecular weight excluding hydrogens is 423 g/mol. The molecule has 0 spiro atoms. The van der Waals surface area contributed by atoms with E-state index in [1.165, 1.54) is 12.3 Å². The average molecular weight is 445 g/mol. The van der Waals surface area contributed by atoms with Gasteiger partial charge in [0.05, 0.1) is 23.0 Å². The Morgan fingerprint density at radius 2 is 1.81 bits per heavy atom. The highest BCUT2D eigenvalue weighted by Crippen LogP contribution is 2.27. The van der Waals surface area contributed by atoms with E-state index in [9.17, 15) is 23.1 Å². The van der Waals surface area contributed by atoms with E-state index in [0.717, 1.165) is 4.90 Å². The van der Waals surface area contributed by atoms with Gasteiger partial charge in [0.1, 0.15) is 11.6 Å². The summed E-state index contributed by atoms with van der Waals surface area (Å²) < 4.78 is 41.2. The summed E-state index contributed by atoms with van der Waals surface area (Å²) in [6.45, 7) is 4.97. The highest BCUT2D eigenvalue weighted by atomic mass is 19.2. The van der Waals surface area contributed by atoms with Crippen LogP contribution < -0.4 is 15.5 Å². The maximum Gasteiger partial charge on any atom is 0.332 e. The van der Waals surface area contributed by atoms with E-state index >= 15 is 0 Å². The van der Waals surface area contributed by atoms with Crippen LogP contribution in [-0.4, -0.2) is 32.7 Å². The molecule has 1 atom stereocenters. The molecule has 3 aromatic rings. The lowest BCUT2D eigenvalue weighted by atomic mass is 10.0. The Morgan fingerprint density at radius 3 is 2.47 bits per heavy atom. The van der Waals surface area contributed by atoms with Crippen molar-refractivity contribution in [3.8, 4) is 0 Å².